The summed E-state index contributed by atoms with van der Waals surface area (Å²) >= 11 is 0. The van der Waals surface area contributed by atoms with Crippen molar-refractivity contribution in [2.45, 2.75) is 0 Å². The molecule has 0 bridgehead atoms. The Morgan fingerprint density at radius 3 is 2.28 bits per heavy atom. The van der Waals surface area contributed by atoms with Crippen LogP contribution in [0.4, 0.5) is 8.78 Å². The minimum Gasteiger partial charge on any atom is -0.506 e. The van der Waals surface area contributed by atoms with E-state index in [1.54, 1.807) is 18.2 Å². The van der Waals surface area contributed by atoms with Gasteiger partial charge in [0.25, 0.3) is 0 Å². The van der Waals surface area contributed by atoms with Crippen molar-refractivity contribution < 1.29 is 19.0 Å². The molecule has 1 aromatic heterocycles. The molecule has 0 aliphatic carbocycles. The van der Waals surface area contributed by atoms with E-state index < -0.39 is 17.4 Å². The molecule has 124 valence electrons. The molecule has 4 rings (SSSR count). The Kier molecular flexibility index (Phi) is 3.39. The molecule has 0 fully saturated rings. The summed E-state index contributed by atoms with van der Waals surface area (Å²) in [6, 6.07) is 15.6. The Balaban J connectivity index is 1.87. The average Bonchev–Trinajstić information content (AvgIpc) is 3.04. The van der Waals surface area contributed by atoms with Gasteiger partial charge in [-0.1, -0.05) is 36.4 Å². The molecule has 1 heterocycles. The Morgan fingerprint density at radius 2 is 1.56 bits per heavy atom. The molecule has 3 aromatic carbocycles. The molecule has 0 aliphatic rings. The molecule has 25 heavy (non-hydrogen) atoms. The number of fused-ring (bicyclic) bond motifs is 1. The minimum atomic E-state index is -1.32. The van der Waals surface area contributed by atoms with Crippen molar-refractivity contribution in [2.75, 3.05) is 0 Å². The molecule has 2 N–H and O–H groups in total. The summed E-state index contributed by atoms with van der Waals surface area (Å²) in [6.07, 6.45) is 1.15. The van der Waals surface area contributed by atoms with Gasteiger partial charge in [0.2, 0.25) is 5.82 Å². The maximum atomic E-state index is 13.9. The number of nitrogens with zero attached hydrogens (tertiary/aromatic N) is 2. The van der Waals surface area contributed by atoms with Crippen LogP contribution in [-0.2, 0) is 0 Å². The van der Waals surface area contributed by atoms with E-state index in [4.69, 9.17) is 0 Å². The summed E-state index contributed by atoms with van der Waals surface area (Å²) in [5.41, 5.74) is 2.18. The van der Waals surface area contributed by atoms with Crippen molar-refractivity contribution in [2.24, 2.45) is 0 Å². The highest BCUT2D eigenvalue weighted by molar-refractivity contribution is 5.83. The van der Waals surface area contributed by atoms with Crippen molar-refractivity contribution in [3.8, 4) is 28.3 Å². The Bertz CT molecular complexity index is 1090. The van der Waals surface area contributed by atoms with Gasteiger partial charge in [-0.2, -0.15) is 9.49 Å². The number of hydrogen-bond donors (Lipinski definition) is 2. The van der Waals surface area contributed by atoms with Crippen LogP contribution in [0, 0.1) is 11.6 Å². The second-order valence-corrected chi connectivity index (χ2v) is 5.58. The molecule has 0 aliphatic heterocycles. The van der Waals surface area contributed by atoms with Crippen LogP contribution in [0.5, 0.6) is 11.5 Å². The monoisotopic (exact) mass is 338 g/mol. The average molecular weight is 338 g/mol. The number of halogens is 2. The number of benzene rings is 3. The van der Waals surface area contributed by atoms with Gasteiger partial charge >= 0.3 is 0 Å². The van der Waals surface area contributed by atoms with E-state index in [2.05, 4.69) is 5.10 Å². The van der Waals surface area contributed by atoms with Crippen molar-refractivity contribution in [1.82, 2.24) is 9.78 Å². The van der Waals surface area contributed by atoms with Crippen molar-refractivity contribution >= 4 is 10.9 Å². The van der Waals surface area contributed by atoms with Gasteiger partial charge in [0.05, 0.1) is 17.1 Å². The second-order valence-electron chi connectivity index (χ2n) is 5.58. The topological polar surface area (TPSA) is 58.3 Å². The fraction of sp³-hybridized carbons (Fsp3) is 0. The molecule has 4 nitrogen and oxygen atoms in total. The maximum absolute atomic E-state index is 13.9. The van der Waals surface area contributed by atoms with Crippen molar-refractivity contribution in [3.63, 3.8) is 0 Å². The van der Waals surface area contributed by atoms with Gasteiger partial charge in [0, 0.05) is 6.07 Å². The van der Waals surface area contributed by atoms with E-state index in [9.17, 15) is 19.0 Å². The molecule has 0 amide bonds. The Labute approximate surface area is 141 Å². The Morgan fingerprint density at radius 1 is 0.800 bits per heavy atom. The van der Waals surface area contributed by atoms with E-state index in [1.165, 1.54) is 4.68 Å². The van der Waals surface area contributed by atoms with E-state index in [0.29, 0.717) is 5.69 Å². The molecule has 0 saturated heterocycles. The summed E-state index contributed by atoms with van der Waals surface area (Å²) in [6.45, 7) is 0. The van der Waals surface area contributed by atoms with Crippen LogP contribution in [0.1, 0.15) is 0 Å². The first-order chi connectivity index (χ1) is 12.1. The van der Waals surface area contributed by atoms with Crippen LogP contribution in [-0.4, -0.2) is 20.0 Å². The molecule has 6 heteroatoms. The molecule has 0 radical (unpaired) electrons. The van der Waals surface area contributed by atoms with E-state index in [0.717, 1.165) is 23.4 Å². The third-order valence-corrected chi connectivity index (χ3v) is 4.04. The standard InChI is InChI=1S/C19H12F2N2O2/c20-18-13-10-22-23(15(13)9-17(25)19(18)21)14-7-6-12(8-16(14)24)11-4-2-1-3-5-11/h1-10,24-25H. The second kappa shape index (κ2) is 5.59. The van der Waals surface area contributed by atoms with Gasteiger partial charge in [-0.05, 0) is 23.3 Å². The number of aromatic nitrogens is 2. The lowest BCUT2D eigenvalue weighted by molar-refractivity contribution is 0.410. The van der Waals surface area contributed by atoms with Gasteiger partial charge < -0.3 is 10.2 Å². The van der Waals surface area contributed by atoms with E-state index in [1.807, 2.05) is 30.3 Å². The number of phenolic OH excluding ortho intramolecular Hbond substituents is 2. The number of phenols is 2. The summed E-state index contributed by atoms with van der Waals surface area (Å²) in [7, 11) is 0. The van der Waals surface area contributed by atoms with E-state index in [-0.39, 0.29) is 16.7 Å². The fourth-order valence-electron chi connectivity index (χ4n) is 2.79. The van der Waals surface area contributed by atoms with Gasteiger partial charge in [0.1, 0.15) is 11.4 Å². The first-order valence-electron chi connectivity index (χ1n) is 7.50. The largest absolute Gasteiger partial charge is 0.506 e. The molecule has 4 aromatic rings. The highest BCUT2D eigenvalue weighted by atomic mass is 19.2. The van der Waals surface area contributed by atoms with Gasteiger partial charge in [-0.15, -0.1) is 0 Å². The number of hydrogen-bond acceptors (Lipinski definition) is 3. The Hall–Kier alpha value is -3.41. The van der Waals surface area contributed by atoms with Crippen molar-refractivity contribution in [1.29, 1.82) is 0 Å². The zero-order valence-corrected chi connectivity index (χ0v) is 12.8. The maximum Gasteiger partial charge on any atom is 0.201 e. The molecular formula is C19H12F2N2O2. The van der Waals surface area contributed by atoms with E-state index >= 15 is 0 Å². The number of rotatable bonds is 2. The zero-order chi connectivity index (χ0) is 17.6. The molecule has 0 atom stereocenters. The van der Waals surface area contributed by atoms with Crippen LogP contribution in [0.3, 0.4) is 0 Å². The molecule has 0 spiro atoms. The normalized spacial score (nSPS) is 11.1. The zero-order valence-electron chi connectivity index (χ0n) is 12.8. The summed E-state index contributed by atoms with van der Waals surface area (Å²) in [5, 5.41) is 23.8. The predicted octanol–water partition coefficient (Wildman–Crippen LogP) is 4.38. The SMILES string of the molecule is Oc1cc(-c2ccccc2)ccc1-n1ncc2c(F)c(F)c(O)cc21. The first-order valence-corrected chi connectivity index (χ1v) is 7.50. The van der Waals surface area contributed by atoms with Crippen LogP contribution >= 0.6 is 0 Å². The predicted molar refractivity (Wildman–Crippen MR) is 89.8 cm³/mol. The minimum absolute atomic E-state index is 0.0735. The third-order valence-electron chi connectivity index (χ3n) is 4.04. The molecule has 0 saturated carbocycles. The molecule has 0 unspecified atom stereocenters. The van der Waals surface area contributed by atoms with Crippen LogP contribution in [0.25, 0.3) is 27.7 Å². The van der Waals surface area contributed by atoms with Gasteiger partial charge in [0.15, 0.2) is 11.6 Å². The summed E-state index contributed by atoms with van der Waals surface area (Å²) in [4.78, 5) is 0. The summed E-state index contributed by atoms with van der Waals surface area (Å²) < 4.78 is 28.7. The lowest BCUT2D eigenvalue weighted by Crippen LogP contribution is -1.97. The molecular weight excluding hydrogens is 326 g/mol. The highest BCUT2D eigenvalue weighted by Crippen LogP contribution is 2.33. The van der Waals surface area contributed by atoms with Crippen LogP contribution < -0.4 is 0 Å². The van der Waals surface area contributed by atoms with Crippen LogP contribution in [0.2, 0.25) is 0 Å². The van der Waals surface area contributed by atoms with Crippen molar-refractivity contribution in [3.05, 3.63) is 72.4 Å². The smallest absolute Gasteiger partial charge is 0.201 e. The lowest BCUT2D eigenvalue weighted by atomic mass is 10.0. The first kappa shape index (κ1) is 15.1. The highest BCUT2D eigenvalue weighted by Gasteiger charge is 2.18. The van der Waals surface area contributed by atoms with Gasteiger partial charge in [-0.3, -0.25) is 0 Å². The quantitative estimate of drug-likeness (QED) is 0.570. The lowest BCUT2D eigenvalue weighted by Gasteiger charge is -2.09. The van der Waals surface area contributed by atoms with Gasteiger partial charge in [-0.25, -0.2) is 9.07 Å². The third kappa shape index (κ3) is 2.39. The number of aromatic hydroxyl groups is 2. The van der Waals surface area contributed by atoms with Crippen LogP contribution in [0.15, 0.2) is 60.8 Å². The summed E-state index contributed by atoms with van der Waals surface area (Å²) in [5.74, 6) is -3.39. The fourth-order valence-corrected chi connectivity index (χ4v) is 2.79.